The van der Waals surface area contributed by atoms with E-state index in [1.165, 1.54) is 13.3 Å². The first-order valence-electron chi connectivity index (χ1n) is 8.24. The van der Waals surface area contributed by atoms with Crippen molar-refractivity contribution in [2.24, 2.45) is 0 Å². The molecule has 0 unspecified atom stereocenters. The van der Waals surface area contributed by atoms with Crippen LogP contribution in [-0.4, -0.2) is 27.5 Å². The van der Waals surface area contributed by atoms with Gasteiger partial charge < -0.3 is 10.1 Å². The molecule has 0 aliphatic rings. The summed E-state index contributed by atoms with van der Waals surface area (Å²) in [7, 11) is 0. The van der Waals surface area contributed by atoms with Gasteiger partial charge in [0.05, 0.1) is 22.9 Å². The molecule has 0 fully saturated rings. The lowest BCUT2D eigenvalue weighted by Gasteiger charge is -2.14. The van der Waals surface area contributed by atoms with Crippen LogP contribution in [0.15, 0.2) is 53.6 Å². The van der Waals surface area contributed by atoms with Gasteiger partial charge >= 0.3 is 5.97 Å². The van der Waals surface area contributed by atoms with Crippen LogP contribution in [0.2, 0.25) is 0 Å². The number of aromatic nitrogens is 2. The van der Waals surface area contributed by atoms with E-state index in [0.29, 0.717) is 10.9 Å². The molecule has 0 saturated heterocycles. The molecule has 0 bridgehead atoms. The van der Waals surface area contributed by atoms with Crippen LogP contribution < -0.4 is 10.9 Å². The van der Waals surface area contributed by atoms with Crippen molar-refractivity contribution in [2.45, 2.75) is 19.6 Å². The summed E-state index contributed by atoms with van der Waals surface area (Å²) in [6, 6.07) is 9.22. The summed E-state index contributed by atoms with van der Waals surface area (Å²) in [5.41, 5.74) is -0.314. The maximum atomic E-state index is 13.6. The summed E-state index contributed by atoms with van der Waals surface area (Å²) in [6.07, 6.45) is -0.0852. The number of hydrogen-bond acceptors (Lipinski definition) is 5. The Bertz CT molecular complexity index is 1110. The molecule has 1 amide bonds. The third kappa shape index (κ3) is 4.20. The summed E-state index contributed by atoms with van der Waals surface area (Å²) in [4.78, 5) is 40.5. The third-order valence-electron chi connectivity index (χ3n) is 3.89. The highest BCUT2D eigenvalue weighted by atomic mass is 19.1. The number of benzene rings is 2. The summed E-state index contributed by atoms with van der Waals surface area (Å²) >= 11 is 0. The van der Waals surface area contributed by atoms with Crippen molar-refractivity contribution < 1.29 is 23.1 Å². The number of hydrogen-bond donors (Lipinski definition) is 1. The number of esters is 1. The fourth-order valence-electron chi connectivity index (χ4n) is 2.47. The Morgan fingerprint density at radius 3 is 2.75 bits per heavy atom. The van der Waals surface area contributed by atoms with E-state index < -0.39 is 41.7 Å². The largest absolute Gasteiger partial charge is 0.451 e. The highest BCUT2D eigenvalue weighted by molar-refractivity contribution is 5.95. The fourth-order valence-corrected chi connectivity index (χ4v) is 2.47. The zero-order valence-corrected chi connectivity index (χ0v) is 14.7. The topological polar surface area (TPSA) is 90.3 Å². The van der Waals surface area contributed by atoms with Gasteiger partial charge in [-0.15, -0.1) is 0 Å². The minimum Gasteiger partial charge on any atom is -0.451 e. The third-order valence-corrected chi connectivity index (χ3v) is 3.89. The minimum atomic E-state index is -1.29. The molecule has 3 aromatic rings. The van der Waals surface area contributed by atoms with Gasteiger partial charge in [-0.3, -0.25) is 19.0 Å². The summed E-state index contributed by atoms with van der Waals surface area (Å²) in [5.74, 6) is -3.27. The zero-order chi connectivity index (χ0) is 20.3. The summed E-state index contributed by atoms with van der Waals surface area (Å²) in [5, 5.41) is 2.48. The maximum Gasteiger partial charge on any atom is 0.326 e. The molecular formula is C19H15F2N3O4. The predicted molar refractivity (Wildman–Crippen MR) is 96.5 cm³/mol. The second-order valence-corrected chi connectivity index (χ2v) is 5.94. The van der Waals surface area contributed by atoms with E-state index in [2.05, 4.69) is 10.3 Å². The maximum absolute atomic E-state index is 13.6. The Hall–Kier alpha value is -3.62. The Morgan fingerprint density at radius 2 is 1.96 bits per heavy atom. The van der Waals surface area contributed by atoms with E-state index in [-0.39, 0.29) is 5.69 Å². The number of carbonyl (C=O) groups is 2. The van der Waals surface area contributed by atoms with Crippen molar-refractivity contribution in [3.8, 4) is 0 Å². The molecule has 1 heterocycles. The average molecular weight is 387 g/mol. The van der Waals surface area contributed by atoms with Gasteiger partial charge in [0.1, 0.15) is 18.2 Å². The van der Waals surface area contributed by atoms with Gasteiger partial charge in [0.25, 0.3) is 11.5 Å². The lowest BCUT2D eigenvalue weighted by atomic mass is 10.2. The van der Waals surface area contributed by atoms with Crippen molar-refractivity contribution in [2.75, 3.05) is 5.32 Å². The number of carbonyl (C=O) groups excluding carboxylic acids is 2. The molecule has 1 aromatic heterocycles. The predicted octanol–water partition coefficient (Wildman–Crippen LogP) is 2.25. The molecule has 7 nitrogen and oxygen atoms in total. The van der Waals surface area contributed by atoms with Gasteiger partial charge in [0.2, 0.25) is 0 Å². The number of nitrogens with one attached hydrogen (secondary N) is 1. The number of amides is 1. The number of nitrogens with zero attached hydrogens (tertiary/aromatic N) is 2. The quantitative estimate of drug-likeness (QED) is 0.678. The molecule has 28 heavy (non-hydrogen) atoms. The van der Waals surface area contributed by atoms with Crippen LogP contribution in [0, 0.1) is 11.6 Å². The Labute approximate surface area is 157 Å². The van der Waals surface area contributed by atoms with E-state index in [1.54, 1.807) is 24.3 Å². The van der Waals surface area contributed by atoms with Crippen LogP contribution in [0.4, 0.5) is 14.5 Å². The first kappa shape index (κ1) is 19.2. The Balaban J connectivity index is 1.66. The van der Waals surface area contributed by atoms with E-state index in [1.807, 2.05) is 0 Å². The van der Waals surface area contributed by atoms with Crippen molar-refractivity contribution in [1.29, 1.82) is 0 Å². The SMILES string of the molecule is C[C@@H](OC(=O)Cn1cnc2ccccc2c1=O)C(=O)Nc1cc(F)ccc1F. The Morgan fingerprint density at radius 1 is 1.21 bits per heavy atom. The van der Waals surface area contributed by atoms with Gasteiger partial charge in [-0.05, 0) is 31.2 Å². The van der Waals surface area contributed by atoms with Crippen LogP contribution in [-0.2, 0) is 20.9 Å². The van der Waals surface area contributed by atoms with Crippen LogP contribution in [0.5, 0.6) is 0 Å². The lowest BCUT2D eigenvalue weighted by molar-refractivity contribution is -0.153. The first-order chi connectivity index (χ1) is 13.3. The number of para-hydroxylation sites is 1. The van der Waals surface area contributed by atoms with E-state index >= 15 is 0 Å². The molecule has 0 aliphatic carbocycles. The first-order valence-corrected chi connectivity index (χ1v) is 8.24. The molecule has 144 valence electrons. The van der Waals surface area contributed by atoms with E-state index in [9.17, 15) is 23.2 Å². The number of ether oxygens (including phenoxy) is 1. The normalized spacial score (nSPS) is 11.8. The van der Waals surface area contributed by atoms with Gasteiger partial charge in [0.15, 0.2) is 6.10 Å². The second kappa shape index (κ2) is 7.95. The number of anilines is 1. The van der Waals surface area contributed by atoms with Crippen molar-refractivity contribution in [3.05, 3.63) is 70.8 Å². The minimum absolute atomic E-state index is 0.338. The van der Waals surface area contributed by atoms with Crippen molar-refractivity contribution in [3.63, 3.8) is 0 Å². The van der Waals surface area contributed by atoms with Gasteiger partial charge in [-0.25, -0.2) is 13.8 Å². The molecule has 0 spiro atoms. The van der Waals surface area contributed by atoms with Crippen LogP contribution in [0.25, 0.3) is 10.9 Å². The summed E-state index contributed by atoms with van der Waals surface area (Å²) < 4.78 is 32.8. The number of rotatable bonds is 5. The highest BCUT2D eigenvalue weighted by Crippen LogP contribution is 2.15. The van der Waals surface area contributed by atoms with E-state index in [0.717, 1.165) is 22.8 Å². The van der Waals surface area contributed by atoms with Gasteiger partial charge in [-0.1, -0.05) is 12.1 Å². The molecule has 2 aromatic carbocycles. The number of fused-ring (bicyclic) bond motifs is 1. The highest BCUT2D eigenvalue weighted by Gasteiger charge is 2.20. The van der Waals surface area contributed by atoms with E-state index in [4.69, 9.17) is 4.74 Å². The van der Waals surface area contributed by atoms with Crippen molar-refractivity contribution >= 4 is 28.5 Å². The average Bonchev–Trinajstić information content (AvgIpc) is 2.67. The van der Waals surface area contributed by atoms with Crippen molar-refractivity contribution in [1.82, 2.24) is 9.55 Å². The van der Waals surface area contributed by atoms with Crippen LogP contribution in [0.1, 0.15) is 6.92 Å². The molecule has 3 rings (SSSR count). The Kier molecular flexibility index (Phi) is 5.44. The molecule has 0 aliphatic heterocycles. The van der Waals surface area contributed by atoms with Crippen LogP contribution >= 0.6 is 0 Å². The molecule has 1 atom stereocenters. The molecule has 9 heteroatoms. The molecule has 1 N–H and O–H groups in total. The molecule has 0 saturated carbocycles. The second-order valence-electron chi connectivity index (χ2n) is 5.94. The standard InChI is InChI=1S/C19H15F2N3O4/c1-11(18(26)23-16-8-12(20)6-7-14(16)21)28-17(25)9-24-10-22-15-5-3-2-4-13(15)19(24)27/h2-8,10-11H,9H2,1H3,(H,23,26)/t11-/m1/s1. The molecular weight excluding hydrogens is 372 g/mol. The smallest absolute Gasteiger partial charge is 0.326 e. The number of halogens is 2. The van der Waals surface area contributed by atoms with Gasteiger partial charge in [-0.2, -0.15) is 0 Å². The lowest BCUT2D eigenvalue weighted by Crippen LogP contribution is -2.33. The zero-order valence-electron chi connectivity index (χ0n) is 14.7. The monoisotopic (exact) mass is 387 g/mol. The van der Waals surface area contributed by atoms with Crippen LogP contribution in [0.3, 0.4) is 0 Å². The van der Waals surface area contributed by atoms with Gasteiger partial charge in [0, 0.05) is 6.07 Å². The summed E-state index contributed by atoms with van der Waals surface area (Å²) in [6.45, 7) is 0.814. The molecule has 0 radical (unpaired) electrons. The fraction of sp³-hybridized carbons (Fsp3) is 0.158.